The van der Waals surface area contributed by atoms with E-state index < -0.39 is 9.84 Å². The summed E-state index contributed by atoms with van der Waals surface area (Å²) in [7, 11) is -3.75. The number of halogens is 1. The third-order valence-electron chi connectivity index (χ3n) is 4.03. The molecule has 26 heavy (non-hydrogen) atoms. The number of aryl methyl sites for hydroxylation is 1. The quantitative estimate of drug-likeness (QED) is 0.488. The highest BCUT2D eigenvalue weighted by atomic mass is 79.9. The van der Waals surface area contributed by atoms with Crippen LogP contribution in [0, 0.1) is 6.92 Å². The van der Waals surface area contributed by atoms with Gasteiger partial charge in [-0.05, 0) is 31.2 Å². The molecule has 0 amide bonds. The van der Waals surface area contributed by atoms with Gasteiger partial charge < -0.3 is 0 Å². The van der Waals surface area contributed by atoms with Crippen molar-refractivity contribution in [3.63, 3.8) is 0 Å². The second-order valence-electron chi connectivity index (χ2n) is 5.85. The van der Waals surface area contributed by atoms with E-state index >= 15 is 0 Å². The maximum absolute atomic E-state index is 13.3. The zero-order valence-electron chi connectivity index (χ0n) is 13.8. The van der Waals surface area contributed by atoms with Crippen LogP contribution in [-0.2, 0) is 9.84 Å². The smallest absolute Gasteiger partial charge is 0.210 e. The molecule has 0 aliphatic rings. The Morgan fingerprint density at radius 1 is 1.00 bits per heavy atom. The molecule has 130 valence electrons. The molecule has 0 aliphatic carbocycles. The Hall–Kier alpha value is -2.51. The van der Waals surface area contributed by atoms with Crippen LogP contribution in [0.1, 0.15) is 5.69 Å². The third kappa shape index (κ3) is 2.83. The molecule has 0 N–H and O–H groups in total. The molecule has 2 heterocycles. The second kappa shape index (κ2) is 6.34. The van der Waals surface area contributed by atoms with Crippen molar-refractivity contribution in [2.24, 2.45) is 0 Å². The van der Waals surface area contributed by atoms with Crippen LogP contribution >= 0.6 is 15.9 Å². The maximum Gasteiger partial charge on any atom is 0.210 e. The minimum atomic E-state index is -3.75. The van der Waals surface area contributed by atoms with Gasteiger partial charge in [0, 0.05) is 16.1 Å². The summed E-state index contributed by atoms with van der Waals surface area (Å²) in [5.41, 5.74) is 2.62. The van der Waals surface area contributed by atoms with Crippen LogP contribution < -0.4 is 0 Å². The van der Waals surface area contributed by atoms with E-state index in [0.717, 1.165) is 15.7 Å². The Labute approximate surface area is 159 Å². The van der Waals surface area contributed by atoms with E-state index in [4.69, 9.17) is 0 Å². The van der Waals surface area contributed by atoms with E-state index in [-0.39, 0.29) is 9.79 Å². The predicted molar refractivity (Wildman–Crippen MR) is 103 cm³/mol. The van der Waals surface area contributed by atoms with Crippen molar-refractivity contribution < 1.29 is 8.42 Å². The van der Waals surface area contributed by atoms with Gasteiger partial charge in [0.25, 0.3) is 0 Å². The number of hydrogen-bond acceptors (Lipinski definition) is 4. The Morgan fingerprint density at radius 3 is 2.38 bits per heavy atom. The van der Waals surface area contributed by atoms with Crippen LogP contribution in [0.5, 0.6) is 0 Å². The van der Waals surface area contributed by atoms with Crippen molar-refractivity contribution in [1.29, 1.82) is 0 Å². The number of rotatable bonds is 3. The third-order valence-corrected chi connectivity index (χ3v) is 6.33. The van der Waals surface area contributed by atoms with Crippen LogP contribution in [0.15, 0.2) is 81.1 Å². The lowest BCUT2D eigenvalue weighted by atomic mass is 10.1. The molecular weight excluding hydrogens is 414 g/mol. The Balaban J connectivity index is 2.07. The number of hydrogen-bond donors (Lipinski definition) is 0. The van der Waals surface area contributed by atoms with E-state index in [0.29, 0.717) is 11.3 Å². The summed E-state index contributed by atoms with van der Waals surface area (Å²) in [6.45, 7) is 1.85. The van der Waals surface area contributed by atoms with E-state index in [1.165, 1.54) is 6.20 Å². The summed E-state index contributed by atoms with van der Waals surface area (Å²) in [6, 6.07) is 17.6. The molecule has 0 saturated heterocycles. The first-order valence-corrected chi connectivity index (χ1v) is 10.2. The van der Waals surface area contributed by atoms with Crippen molar-refractivity contribution in [3.05, 3.63) is 77.0 Å². The van der Waals surface area contributed by atoms with Crippen molar-refractivity contribution >= 4 is 31.4 Å². The first-order valence-electron chi connectivity index (χ1n) is 7.88. The average molecular weight is 428 g/mol. The first kappa shape index (κ1) is 16.9. The number of aromatic nitrogens is 3. The minimum absolute atomic E-state index is 0.127. The lowest BCUT2D eigenvalue weighted by molar-refractivity contribution is 0.595. The van der Waals surface area contributed by atoms with Crippen molar-refractivity contribution in [1.82, 2.24) is 14.6 Å². The fourth-order valence-corrected chi connectivity index (χ4v) is 4.51. The molecule has 7 heteroatoms. The molecule has 0 aliphatic heterocycles. The van der Waals surface area contributed by atoms with Crippen LogP contribution in [0.4, 0.5) is 0 Å². The summed E-state index contributed by atoms with van der Waals surface area (Å²) in [5, 5.41) is 4.46. The summed E-state index contributed by atoms with van der Waals surface area (Å²) in [6.07, 6.45) is 1.41. The molecular formula is C19H14BrN3O2S. The Kier molecular flexibility index (Phi) is 4.13. The Morgan fingerprint density at radius 2 is 1.69 bits per heavy atom. The van der Waals surface area contributed by atoms with Gasteiger partial charge in [-0.15, -0.1) is 0 Å². The van der Waals surface area contributed by atoms with E-state index in [1.54, 1.807) is 34.8 Å². The zero-order valence-corrected chi connectivity index (χ0v) is 16.2. The van der Waals surface area contributed by atoms with Crippen molar-refractivity contribution in [2.45, 2.75) is 16.7 Å². The normalized spacial score (nSPS) is 11.8. The minimum Gasteiger partial charge on any atom is -0.236 e. The summed E-state index contributed by atoms with van der Waals surface area (Å²) in [5.74, 6) is 0. The summed E-state index contributed by atoms with van der Waals surface area (Å²) in [4.78, 5) is 4.66. The highest BCUT2D eigenvalue weighted by molar-refractivity contribution is 9.10. The topological polar surface area (TPSA) is 64.3 Å². The van der Waals surface area contributed by atoms with Crippen molar-refractivity contribution in [3.8, 4) is 11.3 Å². The number of benzene rings is 2. The maximum atomic E-state index is 13.3. The van der Waals surface area contributed by atoms with Gasteiger partial charge in [-0.2, -0.15) is 5.10 Å². The molecule has 0 radical (unpaired) electrons. The standard InChI is InChI=1S/C19H14BrN3O2S/c1-13-11-18-21-12-17(26(24,25)16-5-3-2-4-6-16)19(23(18)22-13)14-7-9-15(20)10-8-14/h2-12H,1H3. The van der Waals surface area contributed by atoms with Gasteiger partial charge in [0.05, 0.1) is 22.5 Å². The fourth-order valence-electron chi connectivity index (χ4n) is 2.83. The van der Waals surface area contributed by atoms with Gasteiger partial charge >= 0.3 is 0 Å². The fraction of sp³-hybridized carbons (Fsp3) is 0.0526. The van der Waals surface area contributed by atoms with Crippen LogP contribution in [0.25, 0.3) is 16.9 Å². The monoisotopic (exact) mass is 427 g/mol. The number of sulfone groups is 1. The number of nitrogens with zero attached hydrogens (tertiary/aromatic N) is 3. The molecule has 0 saturated carbocycles. The molecule has 0 unspecified atom stereocenters. The molecule has 2 aromatic carbocycles. The van der Waals surface area contributed by atoms with Crippen LogP contribution in [-0.4, -0.2) is 23.0 Å². The molecule has 5 nitrogen and oxygen atoms in total. The van der Waals surface area contributed by atoms with Gasteiger partial charge in [0.1, 0.15) is 4.90 Å². The lowest BCUT2D eigenvalue weighted by Gasteiger charge is -2.12. The first-order chi connectivity index (χ1) is 12.5. The van der Waals surface area contributed by atoms with Gasteiger partial charge in [-0.1, -0.05) is 46.3 Å². The molecule has 0 atom stereocenters. The van der Waals surface area contributed by atoms with Gasteiger partial charge in [0.15, 0.2) is 5.65 Å². The van der Waals surface area contributed by atoms with Crippen molar-refractivity contribution in [2.75, 3.05) is 0 Å². The number of fused-ring (bicyclic) bond motifs is 1. The van der Waals surface area contributed by atoms with Gasteiger partial charge in [-0.3, -0.25) is 0 Å². The molecule has 2 aromatic heterocycles. The zero-order chi connectivity index (χ0) is 18.3. The molecule has 4 aromatic rings. The molecule has 0 fully saturated rings. The SMILES string of the molecule is Cc1cc2ncc(S(=O)(=O)c3ccccc3)c(-c3ccc(Br)cc3)n2n1. The van der Waals surface area contributed by atoms with E-state index in [2.05, 4.69) is 26.0 Å². The summed E-state index contributed by atoms with van der Waals surface area (Å²) >= 11 is 3.41. The highest BCUT2D eigenvalue weighted by Gasteiger charge is 2.25. The molecule has 0 spiro atoms. The predicted octanol–water partition coefficient (Wildman–Crippen LogP) is 4.30. The van der Waals surface area contributed by atoms with E-state index in [9.17, 15) is 8.42 Å². The Bertz CT molecular complexity index is 1200. The van der Waals surface area contributed by atoms with Crippen LogP contribution in [0.3, 0.4) is 0 Å². The highest BCUT2D eigenvalue weighted by Crippen LogP contribution is 2.32. The largest absolute Gasteiger partial charge is 0.236 e. The molecule has 4 rings (SSSR count). The lowest BCUT2D eigenvalue weighted by Crippen LogP contribution is -2.09. The van der Waals surface area contributed by atoms with E-state index in [1.807, 2.05) is 37.3 Å². The van der Waals surface area contributed by atoms with Crippen LogP contribution in [0.2, 0.25) is 0 Å². The average Bonchev–Trinajstić information content (AvgIpc) is 3.02. The van der Waals surface area contributed by atoms with Gasteiger partial charge in [-0.25, -0.2) is 17.9 Å². The molecule has 0 bridgehead atoms. The van der Waals surface area contributed by atoms with Gasteiger partial charge in [0.2, 0.25) is 9.84 Å². The summed E-state index contributed by atoms with van der Waals surface area (Å²) < 4.78 is 29.0. The second-order valence-corrected chi connectivity index (χ2v) is 8.68.